The van der Waals surface area contributed by atoms with Crippen LogP contribution < -0.4 is 9.47 Å². The lowest BCUT2D eigenvalue weighted by Crippen LogP contribution is -2.13. The zero-order valence-corrected chi connectivity index (χ0v) is 17.3. The fourth-order valence-corrected chi connectivity index (χ4v) is 3.89. The Morgan fingerprint density at radius 3 is 2.42 bits per heavy atom. The summed E-state index contributed by atoms with van der Waals surface area (Å²) in [5.74, 6) is 0.980. The van der Waals surface area contributed by atoms with Gasteiger partial charge in [-0.3, -0.25) is 14.9 Å². The number of carbonyl (C=O) groups is 1. The van der Waals surface area contributed by atoms with Crippen LogP contribution in [0, 0.1) is 10.1 Å². The molecule has 4 rings (SSSR count). The van der Waals surface area contributed by atoms with E-state index in [4.69, 9.17) is 9.47 Å². The van der Waals surface area contributed by atoms with Gasteiger partial charge in [0.25, 0.3) is 5.69 Å². The Morgan fingerprint density at radius 2 is 1.71 bits per heavy atom. The quantitative estimate of drug-likeness (QED) is 0.292. The fraction of sp³-hybridized carbons (Fsp3) is 0.240. The molecule has 3 aromatic rings. The molecule has 6 heteroatoms. The van der Waals surface area contributed by atoms with Crippen LogP contribution in [0.2, 0.25) is 0 Å². The number of benzene rings is 3. The number of hydrogen-bond donors (Lipinski definition) is 0. The first-order valence-corrected chi connectivity index (χ1v) is 10.3. The van der Waals surface area contributed by atoms with Gasteiger partial charge in [-0.05, 0) is 66.6 Å². The van der Waals surface area contributed by atoms with E-state index in [2.05, 4.69) is 0 Å². The number of nitro benzene ring substituents is 1. The molecule has 31 heavy (non-hydrogen) atoms. The Labute approximate surface area is 180 Å². The number of hydrogen-bond acceptors (Lipinski definition) is 5. The lowest BCUT2D eigenvalue weighted by atomic mass is 9.90. The molecule has 0 spiro atoms. The molecule has 0 aromatic heterocycles. The molecular weight excluding hydrogens is 394 g/mol. The zero-order valence-electron chi connectivity index (χ0n) is 17.3. The van der Waals surface area contributed by atoms with Gasteiger partial charge in [0.15, 0.2) is 12.4 Å². The average Bonchev–Trinajstić information content (AvgIpc) is 2.82. The van der Waals surface area contributed by atoms with Crippen molar-refractivity contribution in [1.82, 2.24) is 0 Å². The molecule has 0 aliphatic heterocycles. The van der Waals surface area contributed by atoms with Crippen molar-refractivity contribution in [2.75, 3.05) is 13.7 Å². The van der Waals surface area contributed by atoms with Crippen molar-refractivity contribution in [1.29, 1.82) is 0 Å². The minimum Gasteiger partial charge on any atom is -0.497 e. The molecule has 0 radical (unpaired) electrons. The zero-order chi connectivity index (χ0) is 21.8. The van der Waals surface area contributed by atoms with Crippen LogP contribution in [0.25, 0.3) is 11.1 Å². The molecule has 0 N–H and O–H groups in total. The summed E-state index contributed by atoms with van der Waals surface area (Å²) in [5, 5.41) is 11.3. The van der Waals surface area contributed by atoms with Crippen molar-refractivity contribution >= 4 is 11.5 Å². The smallest absolute Gasteiger partial charge is 0.270 e. The summed E-state index contributed by atoms with van der Waals surface area (Å²) in [6, 6.07) is 17.4. The molecule has 1 aliphatic rings. The van der Waals surface area contributed by atoms with Crippen molar-refractivity contribution in [2.24, 2.45) is 0 Å². The van der Waals surface area contributed by atoms with Crippen LogP contribution >= 0.6 is 0 Å². The molecule has 0 bridgehead atoms. The van der Waals surface area contributed by atoms with E-state index in [1.165, 1.54) is 35.7 Å². The molecule has 0 atom stereocenters. The lowest BCUT2D eigenvalue weighted by Gasteiger charge is -2.16. The largest absolute Gasteiger partial charge is 0.497 e. The number of methoxy groups -OCH3 is 1. The lowest BCUT2D eigenvalue weighted by molar-refractivity contribution is -0.384. The third-order valence-corrected chi connectivity index (χ3v) is 5.60. The highest BCUT2D eigenvalue weighted by Crippen LogP contribution is 2.34. The summed E-state index contributed by atoms with van der Waals surface area (Å²) >= 11 is 0. The van der Waals surface area contributed by atoms with Crippen molar-refractivity contribution in [3.05, 3.63) is 87.5 Å². The fourth-order valence-electron chi connectivity index (χ4n) is 3.89. The van der Waals surface area contributed by atoms with Gasteiger partial charge in [-0.15, -0.1) is 0 Å². The average molecular weight is 417 g/mol. The number of aryl methyl sites for hydroxylation is 2. The van der Waals surface area contributed by atoms with Crippen LogP contribution in [0.5, 0.6) is 11.5 Å². The number of rotatable bonds is 7. The Kier molecular flexibility index (Phi) is 5.98. The summed E-state index contributed by atoms with van der Waals surface area (Å²) in [6.07, 6.45) is 4.41. The number of non-ortho nitro benzene ring substituents is 1. The summed E-state index contributed by atoms with van der Waals surface area (Å²) in [6.45, 7) is -0.139. The van der Waals surface area contributed by atoms with Crippen LogP contribution in [0.4, 0.5) is 5.69 Å². The van der Waals surface area contributed by atoms with Crippen LogP contribution in [0.15, 0.2) is 60.7 Å². The third-order valence-electron chi connectivity index (χ3n) is 5.60. The topological polar surface area (TPSA) is 78.7 Å². The number of nitro groups is 1. The monoisotopic (exact) mass is 417 g/mol. The summed E-state index contributed by atoms with van der Waals surface area (Å²) in [5.41, 5.74) is 4.44. The highest BCUT2D eigenvalue weighted by molar-refractivity contribution is 5.97. The van der Waals surface area contributed by atoms with Gasteiger partial charge in [-0.2, -0.15) is 0 Å². The standard InChI is InChI=1S/C25H23NO5/c1-30-22-11-8-18(9-12-22)23-15-21(26(28)29)10-13-25(23)31-16-24(27)20-7-6-17-4-2-3-5-19(17)14-20/h6-15H,2-5,16H2,1H3. The van der Waals surface area contributed by atoms with Gasteiger partial charge in [0.1, 0.15) is 11.5 Å². The molecule has 0 heterocycles. The molecule has 0 amide bonds. The maximum atomic E-state index is 12.8. The molecule has 3 aromatic carbocycles. The predicted octanol–water partition coefficient (Wildman–Crippen LogP) is 5.41. The highest BCUT2D eigenvalue weighted by Gasteiger charge is 2.17. The second kappa shape index (κ2) is 9.00. The van der Waals surface area contributed by atoms with E-state index in [9.17, 15) is 14.9 Å². The van der Waals surface area contributed by atoms with Crippen molar-refractivity contribution < 1.29 is 19.2 Å². The van der Waals surface area contributed by atoms with Crippen LogP contribution in [-0.2, 0) is 12.8 Å². The minimum atomic E-state index is -0.449. The van der Waals surface area contributed by atoms with Crippen molar-refractivity contribution in [2.45, 2.75) is 25.7 Å². The molecule has 0 saturated carbocycles. The molecule has 158 valence electrons. The Balaban J connectivity index is 1.57. The third kappa shape index (κ3) is 4.58. The van der Waals surface area contributed by atoms with E-state index >= 15 is 0 Å². The van der Waals surface area contributed by atoms with Gasteiger partial charge >= 0.3 is 0 Å². The van der Waals surface area contributed by atoms with Crippen molar-refractivity contribution in [3.63, 3.8) is 0 Å². The Bertz CT molecular complexity index is 1120. The van der Waals surface area contributed by atoms with Gasteiger partial charge in [0, 0.05) is 23.3 Å². The molecule has 0 unspecified atom stereocenters. The normalized spacial score (nSPS) is 12.7. The van der Waals surface area contributed by atoms with E-state index in [1.54, 1.807) is 31.4 Å². The summed E-state index contributed by atoms with van der Waals surface area (Å²) in [7, 11) is 1.57. The van der Waals surface area contributed by atoms with E-state index in [1.807, 2.05) is 18.2 Å². The SMILES string of the molecule is COc1ccc(-c2cc([N+](=O)[O-])ccc2OCC(=O)c2ccc3c(c2)CCCC3)cc1. The second-order valence-electron chi connectivity index (χ2n) is 7.57. The maximum absolute atomic E-state index is 12.8. The first-order chi connectivity index (χ1) is 15.0. The van der Waals surface area contributed by atoms with E-state index in [-0.39, 0.29) is 18.1 Å². The minimum absolute atomic E-state index is 0.0424. The molecule has 0 saturated heterocycles. The van der Waals surface area contributed by atoms with Gasteiger partial charge in [0.2, 0.25) is 0 Å². The number of Topliss-reactive ketones (excluding diaryl/α,β-unsaturated/α-hetero) is 1. The highest BCUT2D eigenvalue weighted by atomic mass is 16.6. The molecule has 6 nitrogen and oxygen atoms in total. The van der Waals surface area contributed by atoms with Gasteiger partial charge in [-0.1, -0.05) is 24.3 Å². The summed E-state index contributed by atoms with van der Waals surface area (Å²) in [4.78, 5) is 23.6. The van der Waals surface area contributed by atoms with E-state index < -0.39 is 4.92 Å². The number of nitrogens with zero attached hydrogens (tertiary/aromatic N) is 1. The summed E-state index contributed by atoms with van der Waals surface area (Å²) < 4.78 is 11.0. The van der Waals surface area contributed by atoms with Gasteiger partial charge in [0.05, 0.1) is 12.0 Å². The molecule has 0 fully saturated rings. The number of ketones is 1. The second-order valence-corrected chi connectivity index (χ2v) is 7.57. The molecule has 1 aliphatic carbocycles. The van der Waals surface area contributed by atoms with Crippen LogP contribution in [0.1, 0.15) is 34.3 Å². The number of ether oxygens (including phenoxy) is 2. The van der Waals surface area contributed by atoms with Gasteiger partial charge < -0.3 is 9.47 Å². The van der Waals surface area contributed by atoms with Crippen molar-refractivity contribution in [3.8, 4) is 22.6 Å². The Morgan fingerprint density at radius 1 is 0.968 bits per heavy atom. The number of carbonyl (C=O) groups excluding carboxylic acids is 1. The van der Waals surface area contributed by atoms with E-state index in [0.29, 0.717) is 22.6 Å². The first kappa shape index (κ1) is 20.6. The first-order valence-electron chi connectivity index (χ1n) is 10.3. The number of fused-ring (bicyclic) bond motifs is 1. The predicted molar refractivity (Wildman–Crippen MR) is 118 cm³/mol. The Hall–Kier alpha value is -3.67. The van der Waals surface area contributed by atoms with Gasteiger partial charge in [-0.25, -0.2) is 0 Å². The van der Waals surface area contributed by atoms with E-state index in [0.717, 1.165) is 24.8 Å². The maximum Gasteiger partial charge on any atom is 0.270 e. The molecular formula is C25H23NO5. The van der Waals surface area contributed by atoms with Crippen LogP contribution in [-0.4, -0.2) is 24.4 Å². The van der Waals surface area contributed by atoms with Crippen LogP contribution in [0.3, 0.4) is 0 Å².